The van der Waals surface area contributed by atoms with Gasteiger partial charge in [0.05, 0.1) is 0 Å². The van der Waals surface area contributed by atoms with Crippen LogP contribution in [-0.2, 0) is 17.6 Å². The van der Waals surface area contributed by atoms with Crippen LogP contribution in [0.3, 0.4) is 0 Å². The lowest BCUT2D eigenvalue weighted by Crippen LogP contribution is -2.41. The number of carboxylic acid groups (broad SMARTS) is 1. The monoisotopic (exact) mass is 307 g/mol. The molecular formula is C16H21NO3S. The molecule has 0 saturated carbocycles. The van der Waals surface area contributed by atoms with E-state index in [9.17, 15) is 9.59 Å². The van der Waals surface area contributed by atoms with E-state index in [1.807, 2.05) is 18.4 Å². The first-order chi connectivity index (χ1) is 10.1. The zero-order valence-electron chi connectivity index (χ0n) is 12.2. The van der Waals surface area contributed by atoms with Crippen LogP contribution in [0.25, 0.3) is 0 Å². The van der Waals surface area contributed by atoms with E-state index in [0.29, 0.717) is 17.7 Å². The van der Waals surface area contributed by atoms with Gasteiger partial charge in [-0.05, 0) is 67.4 Å². The van der Waals surface area contributed by atoms with Crippen LogP contribution >= 0.6 is 11.8 Å². The third-order valence-electron chi connectivity index (χ3n) is 3.82. The fraction of sp³-hybridized carbons (Fsp3) is 0.500. The van der Waals surface area contributed by atoms with Crippen molar-refractivity contribution in [1.29, 1.82) is 0 Å². The predicted octanol–water partition coefficient (Wildman–Crippen LogP) is 2.50. The van der Waals surface area contributed by atoms with Crippen molar-refractivity contribution in [2.24, 2.45) is 0 Å². The lowest BCUT2D eigenvalue weighted by molar-refractivity contribution is -0.139. The Morgan fingerprint density at radius 1 is 1.29 bits per heavy atom. The number of hydrogen-bond acceptors (Lipinski definition) is 3. The number of carboxylic acids is 1. The van der Waals surface area contributed by atoms with E-state index < -0.39 is 12.0 Å². The normalized spacial score (nSPS) is 15.1. The van der Waals surface area contributed by atoms with Crippen molar-refractivity contribution in [3.05, 3.63) is 34.9 Å². The number of thioether (sulfide) groups is 1. The highest BCUT2D eigenvalue weighted by Crippen LogP contribution is 2.22. The van der Waals surface area contributed by atoms with Gasteiger partial charge in [0, 0.05) is 5.56 Å². The number of aliphatic carboxylic acids is 1. The van der Waals surface area contributed by atoms with Crippen molar-refractivity contribution in [2.45, 2.75) is 38.1 Å². The van der Waals surface area contributed by atoms with Crippen LogP contribution in [0, 0.1) is 0 Å². The molecule has 2 rings (SSSR count). The van der Waals surface area contributed by atoms with E-state index in [1.165, 1.54) is 17.5 Å². The van der Waals surface area contributed by atoms with Crippen LogP contribution in [-0.4, -0.2) is 35.0 Å². The molecule has 0 bridgehead atoms. The molecule has 0 heterocycles. The van der Waals surface area contributed by atoms with Gasteiger partial charge in [-0.15, -0.1) is 0 Å². The van der Waals surface area contributed by atoms with Crippen LogP contribution < -0.4 is 5.32 Å². The molecule has 0 aliphatic heterocycles. The van der Waals surface area contributed by atoms with Gasteiger partial charge < -0.3 is 10.4 Å². The predicted molar refractivity (Wildman–Crippen MR) is 85.0 cm³/mol. The van der Waals surface area contributed by atoms with Gasteiger partial charge in [0.1, 0.15) is 6.04 Å². The average molecular weight is 307 g/mol. The van der Waals surface area contributed by atoms with E-state index in [-0.39, 0.29) is 5.91 Å². The first-order valence-corrected chi connectivity index (χ1v) is 8.65. The van der Waals surface area contributed by atoms with E-state index >= 15 is 0 Å². The third-order valence-corrected chi connectivity index (χ3v) is 4.47. The summed E-state index contributed by atoms with van der Waals surface area (Å²) in [6.45, 7) is 0. The quantitative estimate of drug-likeness (QED) is 0.847. The van der Waals surface area contributed by atoms with Gasteiger partial charge >= 0.3 is 5.97 Å². The maximum atomic E-state index is 12.2. The maximum absolute atomic E-state index is 12.2. The number of amides is 1. The van der Waals surface area contributed by atoms with Gasteiger partial charge in [0.15, 0.2) is 0 Å². The molecule has 0 radical (unpaired) electrons. The van der Waals surface area contributed by atoms with Crippen LogP contribution in [0.15, 0.2) is 18.2 Å². The first-order valence-electron chi connectivity index (χ1n) is 7.26. The molecule has 5 heteroatoms. The lowest BCUT2D eigenvalue weighted by Gasteiger charge is -2.18. The lowest BCUT2D eigenvalue weighted by atomic mass is 9.90. The molecule has 0 saturated heterocycles. The Labute approximate surface area is 129 Å². The number of rotatable bonds is 6. The fourth-order valence-corrected chi connectivity index (χ4v) is 3.08. The molecule has 4 nitrogen and oxygen atoms in total. The second-order valence-corrected chi connectivity index (χ2v) is 6.32. The summed E-state index contributed by atoms with van der Waals surface area (Å²) in [5.74, 6) is -0.561. The summed E-state index contributed by atoms with van der Waals surface area (Å²) in [7, 11) is 0. The highest BCUT2D eigenvalue weighted by molar-refractivity contribution is 7.98. The number of carbonyl (C=O) groups excluding carboxylic acids is 1. The molecule has 0 aromatic heterocycles. The Morgan fingerprint density at radius 2 is 2.00 bits per heavy atom. The standard InChI is InChI=1S/C16H21NO3S/c1-21-9-8-14(16(19)20)17-15(18)13-7-6-11-4-2-3-5-12(11)10-13/h6-7,10,14H,2-5,8-9H2,1H3,(H,17,18)(H,19,20)/t14-/m0/s1. The molecule has 2 N–H and O–H groups in total. The zero-order valence-corrected chi connectivity index (χ0v) is 13.0. The second kappa shape index (κ2) is 7.50. The fourth-order valence-electron chi connectivity index (χ4n) is 2.61. The molecule has 0 spiro atoms. The molecule has 0 unspecified atom stereocenters. The molecule has 1 atom stereocenters. The molecule has 1 aromatic rings. The van der Waals surface area contributed by atoms with Crippen LogP contribution in [0.2, 0.25) is 0 Å². The van der Waals surface area contributed by atoms with Crippen molar-refractivity contribution in [2.75, 3.05) is 12.0 Å². The minimum Gasteiger partial charge on any atom is -0.480 e. The summed E-state index contributed by atoms with van der Waals surface area (Å²) in [6.07, 6.45) is 6.79. The molecule has 1 aliphatic rings. The van der Waals surface area contributed by atoms with E-state index in [4.69, 9.17) is 5.11 Å². The van der Waals surface area contributed by atoms with Crippen LogP contribution in [0.1, 0.15) is 40.7 Å². The molecule has 21 heavy (non-hydrogen) atoms. The van der Waals surface area contributed by atoms with E-state index in [2.05, 4.69) is 5.32 Å². The number of carbonyl (C=O) groups is 2. The topological polar surface area (TPSA) is 66.4 Å². The summed E-state index contributed by atoms with van der Waals surface area (Å²) < 4.78 is 0. The van der Waals surface area contributed by atoms with E-state index in [1.54, 1.807) is 17.8 Å². The summed E-state index contributed by atoms with van der Waals surface area (Å²) >= 11 is 1.57. The Bertz CT molecular complexity index is 530. The molecule has 1 aromatic carbocycles. The zero-order chi connectivity index (χ0) is 15.2. The smallest absolute Gasteiger partial charge is 0.326 e. The molecule has 1 amide bonds. The number of nitrogens with one attached hydrogen (secondary N) is 1. The number of fused-ring (bicyclic) bond motifs is 1. The maximum Gasteiger partial charge on any atom is 0.326 e. The first kappa shape index (κ1) is 15.9. The molecular weight excluding hydrogens is 286 g/mol. The highest BCUT2D eigenvalue weighted by Gasteiger charge is 2.21. The SMILES string of the molecule is CSCC[C@H](NC(=O)c1ccc2c(c1)CCCC2)C(=O)O. The number of hydrogen-bond donors (Lipinski definition) is 2. The largest absolute Gasteiger partial charge is 0.480 e. The number of benzene rings is 1. The minimum atomic E-state index is -0.977. The van der Waals surface area contributed by atoms with Crippen LogP contribution in [0.4, 0.5) is 0 Å². The van der Waals surface area contributed by atoms with Crippen molar-refractivity contribution in [3.63, 3.8) is 0 Å². The van der Waals surface area contributed by atoms with Crippen molar-refractivity contribution >= 4 is 23.6 Å². The Morgan fingerprint density at radius 3 is 2.67 bits per heavy atom. The third kappa shape index (κ3) is 4.24. The summed E-state index contributed by atoms with van der Waals surface area (Å²) in [5, 5.41) is 11.8. The van der Waals surface area contributed by atoms with E-state index in [0.717, 1.165) is 19.3 Å². The molecule has 114 valence electrons. The Hall–Kier alpha value is -1.49. The van der Waals surface area contributed by atoms with Gasteiger partial charge in [-0.25, -0.2) is 4.79 Å². The highest BCUT2D eigenvalue weighted by atomic mass is 32.2. The van der Waals surface area contributed by atoms with Crippen LogP contribution in [0.5, 0.6) is 0 Å². The van der Waals surface area contributed by atoms with Gasteiger partial charge in [0.25, 0.3) is 5.91 Å². The van der Waals surface area contributed by atoms with Gasteiger partial charge in [-0.1, -0.05) is 6.07 Å². The number of aryl methyl sites for hydroxylation is 2. The Kier molecular flexibility index (Phi) is 5.67. The summed E-state index contributed by atoms with van der Waals surface area (Å²) in [4.78, 5) is 23.4. The van der Waals surface area contributed by atoms with Crippen molar-refractivity contribution in [3.8, 4) is 0 Å². The molecule has 1 aliphatic carbocycles. The van der Waals surface area contributed by atoms with Crippen molar-refractivity contribution in [1.82, 2.24) is 5.32 Å². The Balaban J connectivity index is 2.06. The van der Waals surface area contributed by atoms with Crippen molar-refractivity contribution < 1.29 is 14.7 Å². The second-order valence-electron chi connectivity index (χ2n) is 5.34. The average Bonchev–Trinajstić information content (AvgIpc) is 2.50. The van der Waals surface area contributed by atoms with Gasteiger partial charge in [-0.3, -0.25) is 4.79 Å². The van der Waals surface area contributed by atoms with Gasteiger partial charge in [0.2, 0.25) is 0 Å². The van der Waals surface area contributed by atoms with Gasteiger partial charge in [-0.2, -0.15) is 11.8 Å². The summed E-state index contributed by atoms with van der Waals surface area (Å²) in [5.41, 5.74) is 3.10. The minimum absolute atomic E-state index is 0.295. The molecule has 0 fully saturated rings. The summed E-state index contributed by atoms with van der Waals surface area (Å²) in [6, 6.07) is 4.90.